The van der Waals surface area contributed by atoms with Crippen LogP contribution in [0.1, 0.15) is 30.1 Å². The third-order valence-electron chi connectivity index (χ3n) is 4.06. The molecule has 1 aliphatic rings. The molecule has 1 saturated carbocycles. The van der Waals surface area contributed by atoms with Crippen molar-refractivity contribution in [1.29, 1.82) is 0 Å². The summed E-state index contributed by atoms with van der Waals surface area (Å²) in [6, 6.07) is 7.94. The molecule has 1 fully saturated rings. The maximum Gasteiger partial charge on any atom is 0.317 e. The third-order valence-corrected chi connectivity index (χ3v) is 4.81. The minimum Gasteiger partial charge on any atom is -0.480 e. The number of nitrogens with one attached hydrogen (secondary N) is 1. The number of likely N-dealkylation sites (N-methyl/N-ethyl adjacent to an activating group) is 1. The summed E-state index contributed by atoms with van der Waals surface area (Å²) < 4.78 is 0. The summed E-state index contributed by atoms with van der Waals surface area (Å²) in [5.41, 5.74) is 0.666. The molecule has 0 radical (unpaired) electrons. The Bertz CT molecular complexity index is 527. The van der Waals surface area contributed by atoms with Gasteiger partial charge in [-0.25, -0.2) is 0 Å². The molecule has 22 heavy (non-hydrogen) atoms. The molecule has 0 unspecified atom stereocenters. The Morgan fingerprint density at radius 2 is 1.95 bits per heavy atom. The van der Waals surface area contributed by atoms with Crippen molar-refractivity contribution in [3.63, 3.8) is 0 Å². The van der Waals surface area contributed by atoms with Gasteiger partial charge in [0, 0.05) is 22.5 Å². The molecule has 1 aliphatic carbocycles. The molecule has 120 valence electrons. The van der Waals surface area contributed by atoms with E-state index in [4.69, 9.17) is 5.11 Å². The van der Waals surface area contributed by atoms with E-state index in [1.165, 1.54) is 0 Å². The van der Waals surface area contributed by atoms with Gasteiger partial charge in [-0.1, -0.05) is 6.92 Å². The molecule has 0 aliphatic heterocycles. The van der Waals surface area contributed by atoms with Crippen molar-refractivity contribution in [3.8, 4) is 0 Å². The highest BCUT2D eigenvalue weighted by Gasteiger charge is 2.34. The third kappa shape index (κ3) is 4.24. The number of carbonyl (C=O) groups is 2. The largest absolute Gasteiger partial charge is 0.480 e. The monoisotopic (exact) mass is 322 g/mol. The van der Waals surface area contributed by atoms with Crippen molar-refractivity contribution < 1.29 is 14.7 Å². The Balaban J connectivity index is 1.81. The van der Waals surface area contributed by atoms with Crippen molar-refractivity contribution in [3.05, 3.63) is 29.8 Å². The van der Waals surface area contributed by atoms with Crippen LogP contribution in [0.15, 0.2) is 29.2 Å². The highest BCUT2D eigenvalue weighted by atomic mass is 32.2. The van der Waals surface area contributed by atoms with Gasteiger partial charge in [0.05, 0.1) is 6.54 Å². The normalized spacial score (nSPS) is 20.5. The molecule has 1 amide bonds. The number of benzene rings is 1. The zero-order valence-electron chi connectivity index (χ0n) is 12.9. The van der Waals surface area contributed by atoms with E-state index in [9.17, 15) is 9.59 Å². The van der Waals surface area contributed by atoms with Crippen molar-refractivity contribution in [2.45, 2.75) is 36.7 Å². The molecule has 2 N–H and O–H groups in total. The van der Waals surface area contributed by atoms with Gasteiger partial charge in [-0.05, 0) is 49.9 Å². The lowest BCUT2D eigenvalue weighted by atomic mass is 9.85. The number of aliphatic carboxylic acids is 1. The quantitative estimate of drug-likeness (QED) is 0.752. The fraction of sp³-hybridized carbons (Fsp3) is 0.500. The Labute approximate surface area is 135 Å². The fourth-order valence-corrected chi connectivity index (χ4v) is 3.10. The predicted octanol–water partition coefficient (Wildman–Crippen LogP) is 2.08. The second kappa shape index (κ2) is 7.65. The molecule has 0 aromatic heterocycles. The van der Waals surface area contributed by atoms with Crippen molar-refractivity contribution in [2.75, 3.05) is 19.3 Å². The SMILES string of the molecule is CCN(CC(=O)O)C1CC(NC(=O)c2ccc(SC)cc2)C1. The lowest BCUT2D eigenvalue weighted by molar-refractivity contribution is -0.139. The van der Waals surface area contributed by atoms with E-state index in [1.54, 1.807) is 11.8 Å². The standard InChI is InChI=1S/C16H22N2O3S/c1-3-18(10-15(19)20)13-8-12(9-13)17-16(21)11-4-6-14(22-2)7-5-11/h4-7,12-13H,3,8-10H2,1-2H3,(H,17,21)(H,19,20). The predicted molar refractivity (Wildman–Crippen MR) is 87.4 cm³/mol. The van der Waals surface area contributed by atoms with Gasteiger partial charge in [0.2, 0.25) is 0 Å². The molecular weight excluding hydrogens is 300 g/mol. The number of hydrogen-bond donors (Lipinski definition) is 2. The number of carboxylic acids is 1. The summed E-state index contributed by atoms with van der Waals surface area (Å²) >= 11 is 1.64. The van der Waals surface area contributed by atoms with Crippen molar-refractivity contribution in [1.82, 2.24) is 10.2 Å². The number of carboxylic acid groups (broad SMARTS) is 1. The number of carbonyl (C=O) groups excluding carboxylic acids is 1. The highest BCUT2D eigenvalue weighted by molar-refractivity contribution is 7.98. The lowest BCUT2D eigenvalue weighted by Gasteiger charge is -2.42. The van der Waals surface area contributed by atoms with Crippen LogP contribution in [0, 0.1) is 0 Å². The maximum atomic E-state index is 12.1. The molecule has 0 bridgehead atoms. The number of hydrogen-bond acceptors (Lipinski definition) is 4. The number of amides is 1. The second-order valence-electron chi connectivity index (χ2n) is 5.48. The number of rotatable bonds is 7. The van der Waals surface area contributed by atoms with Gasteiger partial charge in [-0.2, -0.15) is 0 Å². The summed E-state index contributed by atoms with van der Waals surface area (Å²) in [6.07, 6.45) is 3.63. The molecule has 6 heteroatoms. The van der Waals surface area contributed by atoms with E-state index in [-0.39, 0.29) is 24.5 Å². The lowest BCUT2D eigenvalue weighted by Crippen LogP contribution is -2.54. The Morgan fingerprint density at radius 3 is 2.45 bits per heavy atom. The smallest absolute Gasteiger partial charge is 0.317 e. The number of nitrogens with zero attached hydrogens (tertiary/aromatic N) is 1. The van der Waals surface area contributed by atoms with Crippen molar-refractivity contribution >= 4 is 23.6 Å². The van der Waals surface area contributed by atoms with Gasteiger partial charge >= 0.3 is 5.97 Å². The van der Waals surface area contributed by atoms with Gasteiger partial charge in [0.25, 0.3) is 5.91 Å². The molecule has 5 nitrogen and oxygen atoms in total. The van der Waals surface area contributed by atoms with Crippen LogP contribution in [0.2, 0.25) is 0 Å². The zero-order valence-corrected chi connectivity index (χ0v) is 13.7. The Kier molecular flexibility index (Phi) is 5.85. The summed E-state index contributed by atoms with van der Waals surface area (Å²) in [5, 5.41) is 11.9. The van der Waals surface area contributed by atoms with Crippen LogP contribution < -0.4 is 5.32 Å². The topological polar surface area (TPSA) is 69.6 Å². The highest BCUT2D eigenvalue weighted by Crippen LogP contribution is 2.26. The van der Waals surface area contributed by atoms with Crippen LogP contribution in [-0.2, 0) is 4.79 Å². The first-order valence-corrected chi connectivity index (χ1v) is 8.66. The van der Waals surface area contributed by atoms with Crippen LogP contribution in [-0.4, -0.2) is 53.3 Å². The number of thioether (sulfide) groups is 1. The first kappa shape index (κ1) is 16.8. The average Bonchev–Trinajstić information content (AvgIpc) is 2.48. The molecule has 1 aromatic rings. The molecule has 0 spiro atoms. The van der Waals surface area contributed by atoms with Crippen LogP contribution in [0.4, 0.5) is 0 Å². The molecule has 0 atom stereocenters. The Hall–Kier alpha value is -1.53. The van der Waals surface area contributed by atoms with E-state index in [0.29, 0.717) is 12.1 Å². The van der Waals surface area contributed by atoms with Gasteiger partial charge in [-0.15, -0.1) is 11.8 Å². The van der Waals surface area contributed by atoms with E-state index in [2.05, 4.69) is 5.32 Å². The summed E-state index contributed by atoms with van der Waals surface area (Å²) in [5.74, 6) is -0.861. The van der Waals surface area contributed by atoms with Gasteiger partial charge in [0.15, 0.2) is 0 Å². The van der Waals surface area contributed by atoms with Crippen LogP contribution in [0.3, 0.4) is 0 Å². The van der Waals surface area contributed by atoms with Crippen LogP contribution in [0.5, 0.6) is 0 Å². The first-order valence-electron chi connectivity index (χ1n) is 7.44. The van der Waals surface area contributed by atoms with E-state index < -0.39 is 5.97 Å². The van der Waals surface area contributed by atoms with Crippen LogP contribution >= 0.6 is 11.8 Å². The van der Waals surface area contributed by atoms with E-state index in [0.717, 1.165) is 17.7 Å². The summed E-state index contributed by atoms with van der Waals surface area (Å²) in [7, 11) is 0. The average molecular weight is 322 g/mol. The van der Waals surface area contributed by atoms with E-state index >= 15 is 0 Å². The molecule has 1 aromatic carbocycles. The fourth-order valence-electron chi connectivity index (χ4n) is 2.69. The molecular formula is C16H22N2O3S. The zero-order chi connectivity index (χ0) is 16.1. The first-order chi connectivity index (χ1) is 10.5. The van der Waals surface area contributed by atoms with Gasteiger partial charge < -0.3 is 10.4 Å². The molecule has 2 rings (SSSR count). The van der Waals surface area contributed by atoms with Gasteiger partial charge in [0.1, 0.15) is 0 Å². The second-order valence-corrected chi connectivity index (χ2v) is 6.36. The Morgan fingerprint density at radius 1 is 1.32 bits per heavy atom. The van der Waals surface area contributed by atoms with Gasteiger partial charge in [-0.3, -0.25) is 14.5 Å². The maximum absolute atomic E-state index is 12.1. The van der Waals surface area contributed by atoms with Crippen molar-refractivity contribution in [2.24, 2.45) is 0 Å². The van der Waals surface area contributed by atoms with E-state index in [1.807, 2.05) is 42.3 Å². The molecule has 0 heterocycles. The van der Waals surface area contributed by atoms with Crippen LogP contribution in [0.25, 0.3) is 0 Å². The molecule has 0 saturated heterocycles. The minimum absolute atomic E-state index is 0.0580. The summed E-state index contributed by atoms with van der Waals surface area (Å²) in [6.45, 7) is 2.74. The summed E-state index contributed by atoms with van der Waals surface area (Å²) in [4.78, 5) is 26.0. The minimum atomic E-state index is -0.803.